The maximum Gasteiger partial charge on any atom is 0.319 e. The van der Waals surface area contributed by atoms with Crippen molar-refractivity contribution in [2.45, 2.75) is 13.1 Å². The van der Waals surface area contributed by atoms with Crippen molar-refractivity contribution in [3.63, 3.8) is 0 Å². The number of imidazole rings is 1. The molecule has 1 amide bonds. The van der Waals surface area contributed by atoms with Crippen LogP contribution in [0.2, 0.25) is 0 Å². The smallest absolute Gasteiger partial charge is 0.319 e. The Morgan fingerprint density at radius 3 is 2.91 bits per heavy atom. The van der Waals surface area contributed by atoms with Crippen LogP contribution in [0.25, 0.3) is 0 Å². The third-order valence-electron chi connectivity index (χ3n) is 3.12. The standard InChI is InChI=1S/C15H14F2N4O2/c1-20(9-13-19-6-7-21(13)15(16)17)14(22)10-23-12-5-3-2-4-11(12)8-18/h2-7,15H,9-10H2,1H3. The molecular formula is C15H14F2N4O2. The summed E-state index contributed by atoms with van der Waals surface area (Å²) in [6.07, 6.45) is 2.40. The van der Waals surface area contributed by atoms with Crippen molar-refractivity contribution < 1.29 is 18.3 Å². The number of hydrogen-bond acceptors (Lipinski definition) is 4. The second kappa shape index (κ2) is 7.35. The molecule has 0 radical (unpaired) electrons. The largest absolute Gasteiger partial charge is 0.482 e. The normalized spacial score (nSPS) is 10.4. The number of aromatic nitrogens is 2. The summed E-state index contributed by atoms with van der Waals surface area (Å²) in [5.74, 6) is -0.0411. The van der Waals surface area contributed by atoms with E-state index in [1.165, 1.54) is 18.1 Å². The van der Waals surface area contributed by atoms with Crippen molar-refractivity contribution in [1.82, 2.24) is 14.5 Å². The molecule has 0 saturated heterocycles. The molecule has 2 rings (SSSR count). The molecule has 0 aliphatic heterocycles. The van der Waals surface area contributed by atoms with Gasteiger partial charge in [0.1, 0.15) is 17.6 Å². The van der Waals surface area contributed by atoms with Crippen molar-refractivity contribution >= 4 is 5.91 Å². The summed E-state index contributed by atoms with van der Waals surface area (Å²) < 4.78 is 31.5. The first-order chi connectivity index (χ1) is 11.0. The average Bonchev–Trinajstić information content (AvgIpc) is 3.01. The lowest BCUT2D eigenvalue weighted by Crippen LogP contribution is -2.32. The number of rotatable bonds is 6. The molecule has 6 nitrogen and oxygen atoms in total. The highest BCUT2D eigenvalue weighted by molar-refractivity contribution is 5.77. The average molecular weight is 320 g/mol. The highest BCUT2D eigenvalue weighted by Gasteiger charge is 2.17. The van der Waals surface area contributed by atoms with Gasteiger partial charge in [0.25, 0.3) is 5.91 Å². The van der Waals surface area contributed by atoms with E-state index in [0.29, 0.717) is 15.9 Å². The first kappa shape index (κ1) is 16.4. The van der Waals surface area contributed by atoms with Gasteiger partial charge in [-0.3, -0.25) is 9.36 Å². The fraction of sp³-hybridized carbons (Fsp3) is 0.267. The van der Waals surface area contributed by atoms with E-state index in [9.17, 15) is 13.6 Å². The van der Waals surface area contributed by atoms with E-state index in [1.54, 1.807) is 24.3 Å². The Bertz CT molecular complexity index is 724. The predicted octanol–water partition coefficient (Wildman–Crippen LogP) is 2.19. The number of halogens is 2. The zero-order valence-electron chi connectivity index (χ0n) is 12.3. The molecule has 120 valence electrons. The lowest BCUT2D eigenvalue weighted by Gasteiger charge is -2.18. The molecule has 1 heterocycles. The molecule has 1 aromatic carbocycles. The molecule has 8 heteroatoms. The molecule has 0 N–H and O–H groups in total. The fourth-order valence-electron chi connectivity index (χ4n) is 1.88. The number of likely N-dealkylation sites (N-methyl/N-ethyl adjacent to an activating group) is 1. The first-order valence-electron chi connectivity index (χ1n) is 6.68. The minimum absolute atomic E-state index is 0.0700. The van der Waals surface area contributed by atoms with Crippen molar-refractivity contribution in [3.8, 4) is 11.8 Å². The number of benzene rings is 1. The van der Waals surface area contributed by atoms with Gasteiger partial charge in [0.2, 0.25) is 0 Å². The highest BCUT2D eigenvalue weighted by atomic mass is 19.3. The van der Waals surface area contributed by atoms with Crippen LogP contribution in [-0.2, 0) is 11.3 Å². The van der Waals surface area contributed by atoms with E-state index in [0.717, 1.165) is 6.20 Å². The number of carbonyl (C=O) groups is 1. The molecule has 0 saturated carbocycles. The fourth-order valence-corrected chi connectivity index (χ4v) is 1.88. The molecule has 0 bridgehead atoms. The second-order valence-electron chi connectivity index (χ2n) is 4.67. The van der Waals surface area contributed by atoms with Gasteiger partial charge in [0, 0.05) is 19.4 Å². The second-order valence-corrected chi connectivity index (χ2v) is 4.67. The Morgan fingerprint density at radius 2 is 2.22 bits per heavy atom. The summed E-state index contributed by atoms with van der Waals surface area (Å²) in [7, 11) is 1.46. The lowest BCUT2D eigenvalue weighted by molar-refractivity contribution is -0.132. The Morgan fingerprint density at radius 1 is 1.48 bits per heavy atom. The molecule has 0 aliphatic carbocycles. The quantitative estimate of drug-likeness (QED) is 0.818. The summed E-state index contributed by atoms with van der Waals surface area (Å²) >= 11 is 0. The Labute approximate surface area is 131 Å². The Hall–Kier alpha value is -2.95. The van der Waals surface area contributed by atoms with Crippen LogP contribution in [0.5, 0.6) is 5.75 Å². The molecule has 0 fully saturated rings. The molecule has 2 aromatic rings. The number of nitriles is 1. The number of nitrogens with zero attached hydrogens (tertiary/aromatic N) is 4. The van der Waals surface area contributed by atoms with Crippen LogP contribution in [0.1, 0.15) is 17.9 Å². The zero-order valence-corrected chi connectivity index (χ0v) is 12.3. The van der Waals surface area contributed by atoms with Crippen LogP contribution in [0, 0.1) is 11.3 Å². The molecule has 0 unspecified atom stereocenters. The summed E-state index contributed by atoms with van der Waals surface area (Å²) in [5, 5.41) is 8.94. The van der Waals surface area contributed by atoms with Crippen LogP contribution < -0.4 is 4.74 Å². The molecule has 0 atom stereocenters. The number of carbonyl (C=O) groups excluding carboxylic acids is 1. The maximum absolute atomic E-state index is 12.7. The minimum atomic E-state index is -2.71. The number of hydrogen-bond donors (Lipinski definition) is 0. The molecule has 0 spiro atoms. The zero-order chi connectivity index (χ0) is 16.8. The van der Waals surface area contributed by atoms with Gasteiger partial charge in [-0.05, 0) is 12.1 Å². The lowest BCUT2D eigenvalue weighted by atomic mass is 10.2. The predicted molar refractivity (Wildman–Crippen MR) is 76.6 cm³/mol. The maximum atomic E-state index is 12.7. The van der Waals surface area contributed by atoms with Gasteiger partial charge in [0.15, 0.2) is 6.61 Å². The SMILES string of the molecule is CN(Cc1nccn1C(F)F)C(=O)COc1ccccc1C#N. The first-order valence-corrected chi connectivity index (χ1v) is 6.68. The number of ether oxygens (including phenoxy) is 1. The van der Waals surface area contributed by atoms with Crippen LogP contribution in [0.3, 0.4) is 0 Å². The molecule has 1 aromatic heterocycles. The monoisotopic (exact) mass is 320 g/mol. The third-order valence-corrected chi connectivity index (χ3v) is 3.12. The minimum Gasteiger partial charge on any atom is -0.482 e. The summed E-state index contributed by atoms with van der Waals surface area (Å²) in [4.78, 5) is 17.1. The van der Waals surface area contributed by atoms with Gasteiger partial charge in [-0.25, -0.2) is 4.98 Å². The molecular weight excluding hydrogens is 306 g/mol. The Kier molecular flexibility index (Phi) is 5.25. The third kappa shape index (κ3) is 4.03. The summed E-state index contributed by atoms with van der Waals surface area (Å²) in [6, 6.07) is 8.48. The van der Waals surface area contributed by atoms with Crippen LogP contribution in [0.4, 0.5) is 8.78 Å². The van der Waals surface area contributed by atoms with E-state index in [4.69, 9.17) is 10.00 Å². The van der Waals surface area contributed by atoms with Crippen molar-refractivity contribution in [2.75, 3.05) is 13.7 Å². The molecule has 23 heavy (non-hydrogen) atoms. The van der Waals surface area contributed by atoms with E-state index >= 15 is 0 Å². The van der Waals surface area contributed by atoms with Gasteiger partial charge < -0.3 is 9.64 Å². The van der Waals surface area contributed by atoms with Gasteiger partial charge >= 0.3 is 6.55 Å². The summed E-state index contributed by atoms with van der Waals surface area (Å²) in [5.41, 5.74) is 0.316. The van der Waals surface area contributed by atoms with Gasteiger partial charge in [-0.15, -0.1) is 0 Å². The molecule has 0 aliphatic rings. The van der Waals surface area contributed by atoms with E-state index in [2.05, 4.69) is 4.98 Å². The number of alkyl halides is 2. The summed E-state index contributed by atoms with van der Waals surface area (Å²) in [6.45, 7) is -3.08. The van der Waals surface area contributed by atoms with Crippen molar-refractivity contribution in [3.05, 3.63) is 48.0 Å². The van der Waals surface area contributed by atoms with Crippen LogP contribution in [-0.4, -0.2) is 34.0 Å². The highest BCUT2D eigenvalue weighted by Crippen LogP contribution is 2.17. The van der Waals surface area contributed by atoms with Gasteiger partial charge in [-0.1, -0.05) is 12.1 Å². The van der Waals surface area contributed by atoms with Crippen LogP contribution >= 0.6 is 0 Å². The topological polar surface area (TPSA) is 71.2 Å². The van der Waals surface area contributed by atoms with Crippen molar-refractivity contribution in [1.29, 1.82) is 5.26 Å². The Balaban J connectivity index is 1.95. The van der Waals surface area contributed by atoms with Crippen LogP contribution in [0.15, 0.2) is 36.7 Å². The number of amides is 1. The van der Waals surface area contributed by atoms with E-state index < -0.39 is 12.5 Å². The number of para-hydroxylation sites is 1. The van der Waals surface area contributed by atoms with Gasteiger partial charge in [0.05, 0.1) is 12.1 Å². The van der Waals surface area contributed by atoms with E-state index in [1.807, 2.05) is 6.07 Å². The van der Waals surface area contributed by atoms with E-state index in [-0.39, 0.29) is 19.0 Å². The van der Waals surface area contributed by atoms with Gasteiger partial charge in [-0.2, -0.15) is 14.0 Å². The van der Waals surface area contributed by atoms with Crippen molar-refractivity contribution in [2.24, 2.45) is 0 Å².